The fourth-order valence-electron chi connectivity index (χ4n) is 3.71. The summed E-state index contributed by atoms with van der Waals surface area (Å²) in [5.41, 5.74) is 4.17. The van der Waals surface area contributed by atoms with E-state index in [9.17, 15) is 0 Å². The SMILES string of the molecule is Cc1cc(C(C)C)c2c(n1)N(C)[C@@H](C)[C@@H](C)CC2C(C)C. The summed E-state index contributed by atoms with van der Waals surface area (Å²) < 4.78 is 0. The molecule has 0 radical (unpaired) electrons. The zero-order chi connectivity index (χ0) is 15.9. The maximum Gasteiger partial charge on any atom is 0.132 e. The zero-order valence-electron chi connectivity index (χ0n) is 15.1. The summed E-state index contributed by atoms with van der Waals surface area (Å²) >= 11 is 0. The van der Waals surface area contributed by atoms with Gasteiger partial charge in [0, 0.05) is 24.3 Å². The van der Waals surface area contributed by atoms with Gasteiger partial charge in [-0.15, -0.1) is 0 Å². The number of pyridine rings is 1. The molecule has 0 aromatic carbocycles. The van der Waals surface area contributed by atoms with Crippen LogP contribution >= 0.6 is 0 Å². The Morgan fingerprint density at radius 2 is 1.81 bits per heavy atom. The van der Waals surface area contributed by atoms with Gasteiger partial charge in [-0.25, -0.2) is 4.98 Å². The van der Waals surface area contributed by atoms with E-state index in [0.717, 1.165) is 5.69 Å². The van der Waals surface area contributed by atoms with Gasteiger partial charge in [-0.1, -0.05) is 34.6 Å². The quantitative estimate of drug-likeness (QED) is 0.751. The van der Waals surface area contributed by atoms with Crippen molar-refractivity contribution in [3.63, 3.8) is 0 Å². The van der Waals surface area contributed by atoms with Crippen molar-refractivity contribution in [2.45, 2.75) is 72.8 Å². The highest BCUT2D eigenvalue weighted by molar-refractivity contribution is 5.56. The van der Waals surface area contributed by atoms with E-state index in [1.807, 2.05) is 0 Å². The molecule has 1 aromatic heterocycles. The Hall–Kier alpha value is -1.05. The molecular weight excluding hydrogens is 256 g/mol. The molecule has 0 aliphatic carbocycles. The highest BCUT2D eigenvalue weighted by atomic mass is 15.2. The summed E-state index contributed by atoms with van der Waals surface area (Å²) in [6.07, 6.45) is 1.26. The molecule has 1 aliphatic heterocycles. The molecule has 0 N–H and O–H groups in total. The first kappa shape index (κ1) is 16.3. The van der Waals surface area contributed by atoms with Crippen LogP contribution in [0.5, 0.6) is 0 Å². The number of anilines is 1. The summed E-state index contributed by atoms with van der Waals surface area (Å²) in [6, 6.07) is 2.86. The van der Waals surface area contributed by atoms with Gasteiger partial charge < -0.3 is 4.90 Å². The molecule has 3 atom stereocenters. The summed E-state index contributed by atoms with van der Waals surface area (Å²) in [5, 5.41) is 0. The number of aromatic nitrogens is 1. The minimum atomic E-state index is 0.543. The van der Waals surface area contributed by atoms with Crippen LogP contribution in [0.15, 0.2) is 6.07 Å². The Morgan fingerprint density at radius 1 is 1.19 bits per heavy atom. The standard InChI is InChI=1S/C19H32N2/c1-11(2)16-9-13(5)15(7)21(8)19-18(16)17(12(3)4)10-14(6)20-19/h10-13,15-16H,9H2,1-8H3/t13-,15-,16?/m0/s1. The third-order valence-corrected chi connectivity index (χ3v) is 5.39. The normalized spacial score (nSPS) is 26.2. The van der Waals surface area contributed by atoms with Gasteiger partial charge in [0.05, 0.1) is 0 Å². The molecule has 0 bridgehead atoms. The molecule has 0 saturated heterocycles. The molecular formula is C19H32N2. The van der Waals surface area contributed by atoms with E-state index < -0.39 is 0 Å². The molecule has 2 rings (SSSR count). The van der Waals surface area contributed by atoms with Crippen LogP contribution in [0.25, 0.3) is 0 Å². The minimum Gasteiger partial charge on any atom is -0.356 e. The topological polar surface area (TPSA) is 16.1 Å². The fourth-order valence-corrected chi connectivity index (χ4v) is 3.71. The predicted molar refractivity (Wildman–Crippen MR) is 92.3 cm³/mol. The van der Waals surface area contributed by atoms with Crippen molar-refractivity contribution >= 4 is 5.82 Å². The van der Waals surface area contributed by atoms with Crippen LogP contribution in [0.2, 0.25) is 0 Å². The average molecular weight is 288 g/mol. The van der Waals surface area contributed by atoms with E-state index in [2.05, 4.69) is 66.5 Å². The van der Waals surface area contributed by atoms with Gasteiger partial charge in [0.1, 0.15) is 5.82 Å². The van der Waals surface area contributed by atoms with Gasteiger partial charge >= 0.3 is 0 Å². The van der Waals surface area contributed by atoms with Gasteiger partial charge in [0.15, 0.2) is 0 Å². The number of nitrogens with zero attached hydrogens (tertiary/aromatic N) is 2. The number of fused-ring (bicyclic) bond motifs is 1. The maximum atomic E-state index is 4.94. The molecule has 21 heavy (non-hydrogen) atoms. The number of rotatable bonds is 2. The second kappa shape index (κ2) is 5.98. The molecule has 0 spiro atoms. The molecule has 2 nitrogen and oxygen atoms in total. The van der Waals surface area contributed by atoms with Crippen molar-refractivity contribution in [2.75, 3.05) is 11.9 Å². The highest BCUT2D eigenvalue weighted by Crippen LogP contribution is 2.44. The van der Waals surface area contributed by atoms with E-state index >= 15 is 0 Å². The first-order valence-corrected chi connectivity index (χ1v) is 8.48. The van der Waals surface area contributed by atoms with Gasteiger partial charge in [0.2, 0.25) is 0 Å². The lowest BCUT2D eigenvalue weighted by molar-refractivity contribution is 0.364. The molecule has 0 amide bonds. The van der Waals surface area contributed by atoms with E-state index in [0.29, 0.717) is 29.7 Å². The predicted octanol–water partition coefficient (Wildman–Crippen LogP) is 5.12. The van der Waals surface area contributed by atoms with Gasteiger partial charge in [0.25, 0.3) is 0 Å². The summed E-state index contributed by atoms with van der Waals surface area (Å²) in [4.78, 5) is 7.36. The second-order valence-electron chi connectivity index (χ2n) is 7.66. The average Bonchev–Trinajstić information content (AvgIpc) is 2.49. The molecule has 2 heterocycles. The van der Waals surface area contributed by atoms with Crippen molar-refractivity contribution in [2.24, 2.45) is 11.8 Å². The van der Waals surface area contributed by atoms with Crippen LogP contribution in [0.1, 0.15) is 76.6 Å². The Morgan fingerprint density at radius 3 is 2.33 bits per heavy atom. The van der Waals surface area contributed by atoms with E-state index in [1.165, 1.54) is 23.4 Å². The van der Waals surface area contributed by atoms with E-state index in [1.54, 1.807) is 0 Å². The monoisotopic (exact) mass is 288 g/mol. The molecule has 1 unspecified atom stereocenters. The van der Waals surface area contributed by atoms with Crippen LogP contribution in [0.4, 0.5) is 5.82 Å². The lowest BCUT2D eigenvalue weighted by Crippen LogP contribution is -2.34. The largest absolute Gasteiger partial charge is 0.356 e. The van der Waals surface area contributed by atoms with Crippen molar-refractivity contribution in [1.29, 1.82) is 0 Å². The molecule has 1 aromatic rings. The van der Waals surface area contributed by atoms with Gasteiger partial charge in [-0.05, 0) is 55.6 Å². The molecule has 118 valence electrons. The maximum absolute atomic E-state index is 4.94. The van der Waals surface area contributed by atoms with Crippen LogP contribution in [-0.2, 0) is 0 Å². The molecule has 0 saturated carbocycles. The van der Waals surface area contributed by atoms with Crippen LogP contribution in [0.3, 0.4) is 0 Å². The number of hydrogen-bond donors (Lipinski definition) is 0. The zero-order valence-corrected chi connectivity index (χ0v) is 15.1. The molecule has 0 fully saturated rings. The summed E-state index contributed by atoms with van der Waals surface area (Å²) in [5.74, 6) is 3.75. The molecule has 2 heteroatoms. The van der Waals surface area contributed by atoms with Crippen molar-refractivity contribution in [3.8, 4) is 0 Å². The Kier molecular flexibility index (Phi) is 4.65. The first-order chi connectivity index (χ1) is 9.73. The van der Waals surface area contributed by atoms with Gasteiger partial charge in [-0.3, -0.25) is 0 Å². The number of aryl methyl sites for hydroxylation is 1. The molecule has 1 aliphatic rings. The Labute approximate surface area is 131 Å². The second-order valence-corrected chi connectivity index (χ2v) is 7.66. The van der Waals surface area contributed by atoms with Crippen molar-refractivity contribution in [3.05, 3.63) is 22.9 Å². The third kappa shape index (κ3) is 2.95. The lowest BCUT2D eigenvalue weighted by atomic mass is 9.78. The third-order valence-electron chi connectivity index (χ3n) is 5.39. The minimum absolute atomic E-state index is 0.543. The lowest BCUT2D eigenvalue weighted by Gasteiger charge is -2.30. The van der Waals surface area contributed by atoms with Gasteiger partial charge in [-0.2, -0.15) is 0 Å². The number of hydrogen-bond acceptors (Lipinski definition) is 2. The van der Waals surface area contributed by atoms with Crippen molar-refractivity contribution in [1.82, 2.24) is 4.98 Å². The fraction of sp³-hybridized carbons (Fsp3) is 0.737. The van der Waals surface area contributed by atoms with Crippen LogP contribution < -0.4 is 4.90 Å². The van der Waals surface area contributed by atoms with Crippen LogP contribution in [0, 0.1) is 18.8 Å². The summed E-state index contributed by atoms with van der Waals surface area (Å²) in [7, 11) is 2.22. The van der Waals surface area contributed by atoms with E-state index in [-0.39, 0.29) is 0 Å². The van der Waals surface area contributed by atoms with E-state index in [4.69, 9.17) is 4.98 Å². The van der Waals surface area contributed by atoms with Crippen molar-refractivity contribution < 1.29 is 0 Å². The van der Waals surface area contributed by atoms with Crippen LogP contribution in [-0.4, -0.2) is 18.1 Å². The summed E-state index contributed by atoms with van der Waals surface area (Å²) in [6.45, 7) is 16.2. The highest BCUT2D eigenvalue weighted by Gasteiger charge is 2.34. The Bertz CT molecular complexity index is 505. The Balaban J connectivity index is 2.71. The first-order valence-electron chi connectivity index (χ1n) is 8.48. The smallest absolute Gasteiger partial charge is 0.132 e.